The van der Waals surface area contributed by atoms with E-state index < -0.39 is 12.1 Å². The van der Waals surface area contributed by atoms with Crippen LogP contribution in [0, 0.1) is 0 Å². The fourth-order valence-corrected chi connectivity index (χ4v) is 9.76. The number of amides is 1. The van der Waals surface area contributed by atoms with Gasteiger partial charge in [0.15, 0.2) is 0 Å². The standard InChI is InChI=1S/C60H119NO5/c1-3-5-7-9-11-13-15-17-19-21-23-24-25-26-27-29-31-33-36-40-44-48-52-58(63)57(56-62)61-59(64)53-49-45-41-37-35-39-43-47-51-55-66-60(65)54-50-46-42-38-34-32-30-28-22-20-18-16-14-12-10-8-6-4-2/h57-58,62-63H,3-56H2,1-2H3,(H,61,64). The molecule has 66 heavy (non-hydrogen) atoms. The molecule has 1 amide bonds. The maximum atomic E-state index is 12.5. The van der Waals surface area contributed by atoms with Crippen molar-refractivity contribution >= 4 is 11.9 Å². The Hall–Kier alpha value is -1.14. The minimum Gasteiger partial charge on any atom is -0.466 e. The predicted molar refractivity (Wildman–Crippen MR) is 287 cm³/mol. The van der Waals surface area contributed by atoms with E-state index in [1.807, 2.05) is 0 Å². The van der Waals surface area contributed by atoms with Gasteiger partial charge < -0.3 is 20.3 Å². The van der Waals surface area contributed by atoms with Crippen LogP contribution in [0.3, 0.4) is 0 Å². The Kier molecular flexibility index (Phi) is 55.5. The summed E-state index contributed by atoms with van der Waals surface area (Å²) in [5, 5.41) is 23.3. The average molecular weight is 935 g/mol. The van der Waals surface area contributed by atoms with Crippen molar-refractivity contribution in [1.29, 1.82) is 0 Å². The number of rotatable bonds is 57. The van der Waals surface area contributed by atoms with E-state index in [1.54, 1.807) is 0 Å². The number of carbonyl (C=O) groups is 2. The van der Waals surface area contributed by atoms with Crippen LogP contribution in [0.25, 0.3) is 0 Å². The lowest BCUT2D eigenvalue weighted by atomic mass is 10.0. The molecule has 6 nitrogen and oxygen atoms in total. The van der Waals surface area contributed by atoms with Gasteiger partial charge in [-0.1, -0.05) is 309 Å². The van der Waals surface area contributed by atoms with Crippen LogP contribution >= 0.6 is 0 Å². The summed E-state index contributed by atoms with van der Waals surface area (Å²) in [6.07, 6.45) is 65.3. The molecule has 6 heteroatoms. The number of carbonyl (C=O) groups excluding carboxylic acids is 2. The second-order valence-electron chi connectivity index (χ2n) is 21.1. The van der Waals surface area contributed by atoms with Gasteiger partial charge in [0.1, 0.15) is 0 Å². The van der Waals surface area contributed by atoms with E-state index in [2.05, 4.69) is 19.2 Å². The minimum absolute atomic E-state index is 0.0188. The van der Waals surface area contributed by atoms with Crippen LogP contribution in [-0.2, 0) is 14.3 Å². The SMILES string of the molecule is CCCCCCCCCCCCCCCCCCCCCCCCC(O)C(CO)NC(=O)CCCCCCCCCCCOC(=O)CCCCCCCCCCCCCCCCCCCC. The highest BCUT2D eigenvalue weighted by Gasteiger charge is 2.20. The maximum Gasteiger partial charge on any atom is 0.305 e. The molecule has 0 rings (SSSR count). The molecule has 0 spiro atoms. The summed E-state index contributed by atoms with van der Waals surface area (Å²) < 4.78 is 5.48. The summed E-state index contributed by atoms with van der Waals surface area (Å²) in [4.78, 5) is 24.6. The Labute approximate surface area is 413 Å². The average Bonchev–Trinajstić information content (AvgIpc) is 3.32. The van der Waals surface area contributed by atoms with Crippen LogP contribution in [0.5, 0.6) is 0 Å². The highest BCUT2D eigenvalue weighted by Crippen LogP contribution is 2.18. The van der Waals surface area contributed by atoms with E-state index in [0.29, 0.717) is 25.9 Å². The zero-order chi connectivity index (χ0) is 47.9. The Morgan fingerprint density at radius 3 is 0.924 bits per heavy atom. The summed E-state index contributed by atoms with van der Waals surface area (Å²) in [6, 6.07) is -0.561. The first-order chi connectivity index (χ1) is 32.5. The number of hydrogen-bond acceptors (Lipinski definition) is 5. The molecule has 0 aliphatic heterocycles. The first-order valence-electron chi connectivity index (χ1n) is 30.3. The zero-order valence-corrected chi connectivity index (χ0v) is 45.0. The molecule has 0 saturated heterocycles. The number of ether oxygens (including phenoxy) is 1. The molecule has 3 N–H and O–H groups in total. The summed E-state index contributed by atoms with van der Waals surface area (Å²) in [5.74, 6) is -0.0760. The van der Waals surface area contributed by atoms with Gasteiger partial charge in [-0.05, 0) is 25.7 Å². The molecular formula is C60H119NO5. The Bertz CT molecular complexity index is 944. The van der Waals surface area contributed by atoms with E-state index in [-0.39, 0.29) is 18.5 Å². The molecular weight excluding hydrogens is 815 g/mol. The number of aliphatic hydroxyl groups excluding tert-OH is 2. The molecule has 0 aromatic heterocycles. The van der Waals surface area contributed by atoms with Gasteiger partial charge in [0.2, 0.25) is 5.91 Å². The summed E-state index contributed by atoms with van der Waals surface area (Å²) in [5.41, 5.74) is 0. The predicted octanol–water partition coefficient (Wildman–Crippen LogP) is 18.7. The van der Waals surface area contributed by atoms with Crippen LogP contribution in [-0.4, -0.2) is 47.4 Å². The molecule has 0 saturated carbocycles. The minimum atomic E-state index is -0.681. The quantitative estimate of drug-likeness (QED) is 0.0417. The second kappa shape index (κ2) is 56.4. The van der Waals surface area contributed by atoms with Crippen LogP contribution in [0.2, 0.25) is 0 Å². The van der Waals surface area contributed by atoms with Crippen molar-refractivity contribution in [3.8, 4) is 0 Å². The van der Waals surface area contributed by atoms with Crippen molar-refractivity contribution in [2.45, 2.75) is 360 Å². The molecule has 2 atom stereocenters. The Morgan fingerprint density at radius 1 is 0.364 bits per heavy atom. The molecule has 0 aliphatic rings. The third kappa shape index (κ3) is 52.2. The maximum absolute atomic E-state index is 12.5. The number of hydrogen-bond donors (Lipinski definition) is 3. The van der Waals surface area contributed by atoms with Crippen molar-refractivity contribution in [3.63, 3.8) is 0 Å². The number of esters is 1. The number of aliphatic hydroxyl groups is 2. The van der Waals surface area contributed by atoms with E-state index in [1.165, 1.54) is 257 Å². The van der Waals surface area contributed by atoms with Gasteiger partial charge in [0, 0.05) is 12.8 Å². The monoisotopic (exact) mass is 934 g/mol. The van der Waals surface area contributed by atoms with E-state index in [4.69, 9.17) is 4.74 Å². The van der Waals surface area contributed by atoms with Gasteiger partial charge in [-0.2, -0.15) is 0 Å². The topological polar surface area (TPSA) is 95.9 Å². The van der Waals surface area contributed by atoms with E-state index in [9.17, 15) is 19.8 Å². The molecule has 0 heterocycles. The lowest BCUT2D eigenvalue weighted by molar-refractivity contribution is -0.143. The van der Waals surface area contributed by atoms with Gasteiger partial charge >= 0.3 is 5.97 Å². The third-order valence-electron chi connectivity index (χ3n) is 14.4. The van der Waals surface area contributed by atoms with Gasteiger partial charge in [-0.3, -0.25) is 9.59 Å². The van der Waals surface area contributed by atoms with Gasteiger partial charge in [0.05, 0.1) is 25.4 Å². The van der Waals surface area contributed by atoms with Crippen LogP contribution in [0.4, 0.5) is 0 Å². The third-order valence-corrected chi connectivity index (χ3v) is 14.4. The normalized spacial score (nSPS) is 12.5. The molecule has 2 unspecified atom stereocenters. The van der Waals surface area contributed by atoms with Gasteiger partial charge in [-0.15, -0.1) is 0 Å². The van der Waals surface area contributed by atoms with Crippen molar-refractivity contribution in [2.75, 3.05) is 13.2 Å². The van der Waals surface area contributed by atoms with Gasteiger partial charge in [-0.25, -0.2) is 0 Å². The molecule has 0 bridgehead atoms. The van der Waals surface area contributed by atoms with Crippen molar-refractivity contribution in [3.05, 3.63) is 0 Å². The van der Waals surface area contributed by atoms with Crippen LogP contribution < -0.4 is 5.32 Å². The largest absolute Gasteiger partial charge is 0.466 e. The molecule has 394 valence electrons. The summed E-state index contributed by atoms with van der Waals surface area (Å²) >= 11 is 0. The lowest BCUT2D eigenvalue weighted by Crippen LogP contribution is -2.45. The second-order valence-corrected chi connectivity index (χ2v) is 21.1. The Balaban J connectivity index is 3.44. The van der Waals surface area contributed by atoms with Crippen LogP contribution in [0.1, 0.15) is 348 Å². The van der Waals surface area contributed by atoms with E-state index in [0.717, 1.165) is 57.8 Å². The highest BCUT2D eigenvalue weighted by molar-refractivity contribution is 5.76. The highest BCUT2D eigenvalue weighted by atomic mass is 16.5. The molecule has 0 radical (unpaired) electrons. The van der Waals surface area contributed by atoms with Gasteiger partial charge in [0.25, 0.3) is 0 Å². The first-order valence-corrected chi connectivity index (χ1v) is 30.3. The van der Waals surface area contributed by atoms with Crippen molar-refractivity contribution in [1.82, 2.24) is 5.32 Å². The molecule has 0 aliphatic carbocycles. The Morgan fingerprint density at radius 2 is 0.621 bits per heavy atom. The van der Waals surface area contributed by atoms with Crippen LogP contribution in [0.15, 0.2) is 0 Å². The first kappa shape index (κ1) is 64.9. The van der Waals surface area contributed by atoms with Crippen molar-refractivity contribution in [2.24, 2.45) is 0 Å². The zero-order valence-electron chi connectivity index (χ0n) is 45.0. The fourth-order valence-electron chi connectivity index (χ4n) is 9.76. The summed E-state index contributed by atoms with van der Waals surface area (Å²) in [7, 11) is 0. The van der Waals surface area contributed by atoms with Crippen molar-refractivity contribution < 1.29 is 24.5 Å². The fraction of sp³-hybridized carbons (Fsp3) is 0.967. The molecule has 0 fully saturated rings. The summed E-state index contributed by atoms with van der Waals surface area (Å²) in [6.45, 7) is 4.93. The smallest absolute Gasteiger partial charge is 0.305 e. The molecule has 0 aromatic carbocycles. The molecule has 0 aromatic rings. The number of nitrogens with one attached hydrogen (secondary N) is 1. The van der Waals surface area contributed by atoms with E-state index >= 15 is 0 Å². The number of unbranched alkanes of at least 4 members (excludes halogenated alkanes) is 46. The lowest BCUT2D eigenvalue weighted by Gasteiger charge is -2.22.